The third-order valence-electron chi connectivity index (χ3n) is 3.38. The van der Waals surface area contributed by atoms with Gasteiger partial charge in [0.25, 0.3) is 0 Å². The van der Waals surface area contributed by atoms with Crippen LogP contribution in [-0.2, 0) is 9.53 Å². The Morgan fingerprint density at radius 1 is 1.29 bits per heavy atom. The third-order valence-corrected chi connectivity index (χ3v) is 3.38. The first kappa shape index (κ1) is 15.6. The molecule has 114 valence electrons. The highest BCUT2D eigenvalue weighted by atomic mass is 16.6. The Morgan fingerprint density at radius 3 is 2.38 bits per heavy atom. The van der Waals surface area contributed by atoms with Gasteiger partial charge in [0.1, 0.15) is 11.4 Å². The summed E-state index contributed by atoms with van der Waals surface area (Å²) in [6, 6.07) is 5.95. The van der Waals surface area contributed by atoms with E-state index in [0.29, 0.717) is 18.6 Å². The fraction of sp³-hybridized carbons (Fsp3) is 0.500. The van der Waals surface area contributed by atoms with E-state index in [1.807, 2.05) is 52.8 Å². The van der Waals surface area contributed by atoms with Crippen molar-refractivity contribution >= 4 is 11.5 Å². The van der Waals surface area contributed by atoms with Crippen LogP contribution in [0.4, 0.5) is 0 Å². The molecule has 3 nitrogen and oxygen atoms in total. The average molecular weight is 288 g/mol. The number of benzene rings is 1. The van der Waals surface area contributed by atoms with Crippen LogP contribution in [0.15, 0.2) is 24.8 Å². The van der Waals surface area contributed by atoms with Crippen LogP contribution < -0.4 is 4.74 Å². The Kier molecular flexibility index (Phi) is 3.87. The molecule has 1 aromatic rings. The maximum Gasteiger partial charge on any atom is 0.351 e. The molecule has 0 radical (unpaired) electrons. The molecule has 0 aliphatic heterocycles. The fourth-order valence-electron chi connectivity index (χ4n) is 2.11. The van der Waals surface area contributed by atoms with Crippen molar-refractivity contribution in [1.82, 2.24) is 0 Å². The summed E-state index contributed by atoms with van der Waals surface area (Å²) in [5.41, 5.74) is 1.64. The molecule has 0 aromatic heterocycles. The summed E-state index contributed by atoms with van der Waals surface area (Å²) < 4.78 is 11.5. The Hall–Kier alpha value is -1.77. The molecule has 2 rings (SSSR count). The number of rotatable bonds is 4. The van der Waals surface area contributed by atoms with Crippen molar-refractivity contribution in [3.63, 3.8) is 0 Å². The third kappa shape index (κ3) is 3.66. The summed E-state index contributed by atoms with van der Waals surface area (Å²) in [5, 5.41) is 0. The van der Waals surface area contributed by atoms with Gasteiger partial charge in [0.05, 0.1) is 0 Å². The van der Waals surface area contributed by atoms with E-state index in [1.54, 1.807) is 0 Å². The molecule has 1 aliphatic rings. The minimum Gasteiger partial charge on any atom is -0.475 e. The maximum absolute atomic E-state index is 12.3. The van der Waals surface area contributed by atoms with Gasteiger partial charge in [-0.1, -0.05) is 18.7 Å². The number of esters is 1. The van der Waals surface area contributed by atoms with Gasteiger partial charge in [-0.25, -0.2) is 4.79 Å². The van der Waals surface area contributed by atoms with Crippen LogP contribution in [-0.4, -0.2) is 17.2 Å². The Morgan fingerprint density at radius 2 is 1.90 bits per heavy atom. The monoisotopic (exact) mass is 288 g/mol. The molecule has 0 bridgehead atoms. The summed E-state index contributed by atoms with van der Waals surface area (Å²) >= 11 is 0. The maximum atomic E-state index is 12.3. The van der Waals surface area contributed by atoms with E-state index in [-0.39, 0.29) is 5.97 Å². The first-order chi connectivity index (χ1) is 9.63. The SMILES string of the molecule is C=C(C)c1ccc(C)cc1OC1(C(=O)OC(C)(C)C)CC1. The highest BCUT2D eigenvalue weighted by Crippen LogP contribution is 2.44. The Bertz CT molecular complexity index is 575. The molecular formula is C18H24O3. The number of carbonyl (C=O) groups excluding carboxylic acids is 1. The van der Waals surface area contributed by atoms with Crippen LogP contribution >= 0.6 is 0 Å². The summed E-state index contributed by atoms with van der Waals surface area (Å²) in [7, 11) is 0. The van der Waals surface area contributed by atoms with Gasteiger partial charge < -0.3 is 9.47 Å². The lowest BCUT2D eigenvalue weighted by Crippen LogP contribution is -2.37. The number of ether oxygens (including phenoxy) is 2. The second-order valence-electron chi connectivity index (χ2n) is 6.88. The second-order valence-corrected chi connectivity index (χ2v) is 6.88. The molecule has 0 spiro atoms. The van der Waals surface area contributed by atoms with Gasteiger partial charge in [0.15, 0.2) is 0 Å². The van der Waals surface area contributed by atoms with Crippen molar-refractivity contribution in [3.8, 4) is 5.75 Å². The summed E-state index contributed by atoms with van der Waals surface area (Å²) in [4.78, 5) is 12.3. The van der Waals surface area contributed by atoms with E-state index in [9.17, 15) is 4.79 Å². The van der Waals surface area contributed by atoms with Crippen molar-refractivity contribution in [1.29, 1.82) is 0 Å². The Labute approximate surface area is 127 Å². The predicted molar refractivity (Wildman–Crippen MR) is 84.3 cm³/mol. The van der Waals surface area contributed by atoms with Gasteiger partial charge >= 0.3 is 5.97 Å². The largest absolute Gasteiger partial charge is 0.475 e. The zero-order chi connectivity index (χ0) is 15.8. The number of hydrogen-bond donors (Lipinski definition) is 0. The molecule has 0 atom stereocenters. The molecule has 3 heteroatoms. The molecule has 0 amide bonds. The lowest BCUT2D eigenvalue weighted by molar-refractivity contribution is -0.165. The molecule has 21 heavy (non-hydrogen) atoms. The minimum atomic E-state index is -0.814. The van der Waals surface area contributed by atoms with Crippen LogP contribution in [0, 0.1) is 6.92 Å². The highest BCUT2D eigenvalue weighted by Gasteiger charge is 2.55. The van der Waals surface area contributed by atoms with Gasteiger partial charge in [-0.3, -0.25) is 0 Å². The lowest BCUT2D eigenvalue weighted by Gasteiger charge is -2.25. The highest BCUT2D eigenvalue weighted by molar-refractivity contribution is 5.84. The second kappa shape index (κ2) is 5.21. The Balaban J connectivity index is 2.24. The van der Waals surface area contributed by atoms with Crippen molar-refractivity contribution < 1.29 is 14.3 Å². The molecule has 0 saturated heterocycles. The van der Waals surface area contributed by atoms with Gasteiger partial charge in [0, 0.05) is 18.4 Å². The standard InChI is InChI=1S/C18H24O3/c1-12(2)14-8-7-13(3)11-15(14)20-18(9-10-18)16(19)21-17(4,5)6/h7-8,11H,1,9-10H2,2-6H3. The van der Waals surface area contributed by atoms with Gasteiger partial charge in [-0.05, 0) is 51.8 Å². The predicted octanol–water partition coefficient (Wildman–Crippen LogP) is 4.28. The van der Waals surface area contributed by atoms with Crippen LogP contribution in [0.3, 0.4) is 0 Å². The van der Waals surface area contributed by atoms with E-state index in [0.717, 1.165) is 16.7 Å². The first-order valence-electron chi connectivity index (χ1n) is 7.32. The van der Waals surface area contributed by atoms with Crippen LogP contribution in [0.2, 0.25) is 0 Å². The average Bonchev–Trinajstić information content (AvgIpc) is 3.07. The number of carbonyl (C=O) groups is 1. The van der Waals surface area contributed by atoms with E-state index in [1.165, 1.54) is 0 Å². The lowest BCUT2D eigenvalue weighted by atomic mass is 10.1. The molecule has 0 unspecified atom stereocenters. The van der Waals surface area contributed by atoms with Crippen LogP contribution in [0.5, 0.6) is 5.75 Å². The van der Waals surface area contributed by atoms with E-state index in [4.69, 9.17) is 9.47 Å². The van der Waals surface area contributed by atoms with Gasteiger partial charge in [0.2, 0.25) is 5.60 Å². The van der Waals surface area contributed by atoms with Crippen molar-refractivity contribution in [2.45, 2.75) is 58.7 Å². The minimum absolute atomic E-state index is 0.274. The smallest absolute Gasteiger partial charge is 0.351 e. The number of hydrogen-bond acceptors (Lipinski definition) is 3. The first-order valence-corrected chi connectivity index (χ1v) is 7.32. The zero-order valence-electron chi connectivity index (χ0n) is 13.6. The van der Waals surface area contributed by atoms with E-state index >= 15 is 0 Å². The molecule has 1 aliphatic carbocycles. The number of aryl methyl sites for hydroxylation is 1. The van der Waals surface area contributed by atoms with Crippen molar-refractivity contribution in [2.75, 3.05) is 0 Å². The molecular weight excluding hydrogens is 264 g/mol. The molecule has 1 saturated carbocycles. The van der Waals surface area contributed by atoms with Gasteiger partial charge in [-0.15, -0.1) is 0 Å². The molecule has 1 fully saturated rings. The van der Waals surface area contributed by atoms with E-state index < -0.39 is 11.2 Å². The van der Waals surface area contributed by atoms with Crippen molar-refractivity contribution in [3.05, 3.63) is 35.9 Å². The molecule has 1 aromatic carbocycles. The number of allylic oxidation sites excluding steroid dienone is 1. The summed E-state index contributed by atoms with van der Waals surface area (Å²) in [6.07, 6.45) is 1.40. The quantitative estimate of drug-likeness (QED) is 0.776. The van der Waals surface area contributed by atoms with Crippen molar-refractivity contribution in [2.24, 2.45) is 0 Å². The van der Waals surface area contributed by atoms with Crippen LogP contribution in [0.25, 0.3) is 5.57 Å². The van der Waals surface area contributed by atoms with Gasteiger partial charge in [-0.2, -0.15) is 0 Å². The molecule has 0 heterocycles. The normalized spacial score (nSPS) is 16.2. The van der Waals surface area contributed by atoms with E-state index in [2.05, 4.69) is 6.58 Å². The zero-order valence-corrected chi connectivity index (χ0v) is 13.6. The summed E-state index contributed by atoms with van der Waals surface area (Å²) in [6.45, 7) is 13.5. The molecule has 0 N–H and O–H groups in total. The summed E-state index contributed by atoms with van der Waals surface area (Å²) in [5.74, 6) is 0.440. The van der Waals surface area contributed by atoms with Crippen LogP contribution in [0.1, 0.15) is 51.7 Å². The topological polar surface area (TPSA) is 35.5 Å². The fourth-order valence-corrected chi connectivity index (χ4v) is 2.11.